The molecule has 1 aliphatic rings. The molecule has 0 heterocycles. The van der Waals surface area contributed by atoms with Gasteiger partial charge in [-0.2, -0.15) is 0 Å². The van der Waals surface area contributed by atoms with E-state index in [1.54, 1.807) is 0 Å². The lowest BCUT2D eigenvalue weighted by atomic mass is 9.85. The van der Waals surface area contributed by atoms with Crippen molar-refractivity contribution in [3.8, 4) is 0 Å². The number of nitrogens with one attached hydrogen (secondary N) is 1. The van der Waals surface area contributed by atoms with Crippen molar-refractivity contribution in [2.75, 3.05) is 6.54 Å². The molecule has 3 unspecified atom stereocenters. The average molecular weight is 285 g/mol. The molecule has 112 valence electrons. The first-order valence-electron chi connectivity index (χ1n) is 7.43. The zero-order valence-corrected chi connectivity index (χ0v) is 12.1. The Morgan fingerprint density at radius 2 is 1.95 bits per heavy atom. The minimum Gasteiger partial charge on any atom is -0.310 e. The van der Waals surface area contributed by atoms with E-state index in [0.717, 1.165) is 38.3 Å². The van der Waals surface area contributed by atoms with Gasteiger partial charge in [-0.1, -0.05) is 32.8 Å². The van der Waals surface area contributed by atoms with Crippen LogP contribution in [0.5, 0.6) is 0 Å². The molecule has 0 saturated heterocycles. The number of hydrogen-bond acceptors (Lipinski definition) is 1. The quantitative estimate of drug-likeness (QED) is 0.781. The Kier molecular flexibility index (Phi) is 5.08. The van der Waals surface area contributed by atoms with Crippen molar-refractivity contribution in [3.05, 3.63) is 35.1 Å². The van der Waals surface area contributed by atoms with Crippen molar-refractivity contribution in [2.24, 2.45) is 11.8 Å². The fourth-order valence-corrected chi connectivity index (χ4v) is 3.24. The highest BCUT2D eigenvalue weighted by Crippen LogP contribution is 2.41. The van der Waals surface area contributed by atoms with Gasteiger partial charge in [0.1, 0.15) is 0 Å². The number of halogens is 3. The van der Waals surface area contributed by atoms with E-state index in [9.17, 15) is 13.2 Å². The molecule has 1 nitrogen and oxygen atoms in total. The molecular formula is C16H22F3N. The summed E-state index contributed by atoms with van der Waals surface area (Å²) in [6.07, 6.45) is 4.14. The van der Waals surface area contributed by atoms with Crippen LogP contribution in [0.15, 0.2) is 12.1 Å². The summed E-state index contributed by atoms with van der Waals surface area (Å²) in [5.74, 6) is -2.79. The summed E-state index contributed by atoms with van der Waals surface area (Å²) in [4.78, 5) is 0. The van der Waals surface area contributed by atoms with Crippen molar-refractivity contribution < 1.29 is 13.2 Å². The van der Waals surface area contributed by atoms with Gasteiger partial charge in [-0.3, -0.25) is 0 Å². The summed E-state index contributed by atoms with van der Waals surface area (Å²) in [7, 11) is 0. The molecule has 1 aromatic carbocycles. The van der Waals surface area contributed by atoms with Crippen LogP contribution >= 0.6 is 0 Å². The van der Waals surface area contributed by atoms with Crippen LogP contribution in [-0.4, -0.2) is 6.54 Å². The van der Waals surface area contributed by atoms with E-state index in [2.05, 4.69) is 12.2 Å². The first-order valence-corrected chi connectivity index (χ1v) is 7.43. The SMILES string of the molecule is CCCNC(c1ccc(F)c(F)c1F)C1CCCC1C. The maximum absolute atomic E-state index is 14.1. The van der Waals surface area contributed by atoms with Crippen LogP contribution < -0.4 is 5.32 Å². The molecular weight excluding hydrogens is 263 g/mol. The molecule has 1 aliphatic carbocycles. The third kappa shape index (κ3) is 3.00. The van der Waals surface area contributed by atoms with Gasteiger partial charge in [-0.25, -0.2) is 13.2 Å². The third-order valence-corrected chi connectivity index (χ3v) is 4.37. The second-order valence-electron chi connectivity index (χ2n) is 5.77. The summed E-state index contributed by atoms with van der Waals surface area (Å²) in [5.41, 5.74) is 0.260. The molecule has 0 amide bonds. The zero-order valence-electron chi connectivity index (χ0n) is 12.1. The summed E-state index contributed by atoms with van der Waals surface area (Å²) >= 11 is 0. The van der Waals surface area contributed by atoms with Gasteiger partial charge in [-0.15, -0.1) is 0 Å². The summed E-state index contributed by atoms with van der Waals surface area (Å²) in [6, 6.07) is 2.17. The van der Waals surface area contributed by atoms with Crippen LogP contribution in [-0.2, 0) is 0 Å². The molecule has 0 bridgehead atoms. The van der Waals surface area contributed by atoms with Crippen molar-refractivity contribution in [2.45, 2.75) is 45.6 Å². The Morgan fingerprint density at radius 1 is 1.20 bits per heavy atom. The van der Waals surface area contributed by atoms with Crippen LogP contribution in [0.4, 0.5) is 13.2 Å². The molecule has 2 rings (SSSR count). The molecule has 20 heavy (non-hydrogen) atoms. The second kappa shape index (κ2) is 6.61. The van der Waals surface area contributed by atoms with E-state index in [0.29, 0.717) is 5.92 Å². The van der Waals surface area contributed by atoms with Crippen LogP contribution in [0, 0.1) is 29.3 Å². The largest absolute Gasteiger partial charge is 0.310 e. The number of rotatable bonds is 5. The molecule has 1 aromatic rings. The van der Waals surface area contributed by atoms with E-state index >= 15 is 0 Å². The maximum Gasteiger partial charge on any atom is 0.194 e. The second-order valence-corrected chi connectivity index (χ2v) is 5.77. The predicted octanol–water partition coefficient (Wildman–Crippen LogP) is 4.58. The molecule has 0 radical (unpaired) electrons. The summed E-state index contributed by atoms with van der Waals surface area (Å²) in [6.45, 7) is 4.92. The van der Waals surface area contributed by atoms with E-state index < -0.39 is 17.5 Å². The van der Waals surface area contributed by atoms with E-state index in [1.807, 2.05) is 6.92 Å². The summed E-state index contributed by atoms with van der Waals surface area (Å²) in [5, 5.41) is 3.32. The molecule has 1 saturated carbocycles. The summed E-state index contributed by atoms with van der Waals surface area (Å²) < 4.78 is 40.6. The Bertz CT molecular complexity index is 461. The van der Waals surface area contributed by atoms with E-state index in [-0.39, 0.29) is 17.5 Å². The topological polar surface area (TPSA) is 12.0 Å². The van der Waals surface area contributed by atoms with Crippen LogP contribution in [0.2, 0.25) is 0 Å². The van der Waals surface area contributed by atoms with Crippen molar-refractivity contribution in [1.29, 1.82) is 0 Å². The van der Waals surface area contributed by atoms with Gasteiger partial charge in [0, 0.05) is 11.6 Å². The minimum absolute atomic E-state index is 0.234. The minimum atomic E-state index is -1.36. The average Bonchev–Trinajstić information content (AvgIpc) is 2.85. The molecule has 1 N–H and O–H groups in total. The first-order chi connectivity index (χ1) is 9.56. The smallest absolute Gasteiger partial charge is 0.194 e. The van der Waals surface area contributed by atoms with E-state index in [4.69, 9.17) is 0 Å². The van der Waals surface area contributed by atoms with E-state index in [1.165, 1.54) is 6.07 Å². The van der Waals surface area contributed by atoms with Gasteiger partial charge >= 0.3 is 0 Å². The van der Waals surface area contributed by atoms with Crippen molar-refractivity contribution >= 4 is 0 Å². The zero-order chi connectivity index (χ0) is 14.7. The van der Waals surface area contributed by atoms with Crippen molar-refractivity contribution in [3.63, 3.8) is 0 Å². The third-order valence-electron chi connectivity index (χ3n) is 4.37. The monoisotopic (exact) mass is 285 g/mol. The van der Waals surface area contributed by atoms with Gasteiger partial charge in [0.05, 0.1) is 0 Å². The lowest BCUT2D eigenvalue weighted by molar-refractivity contribution is 0.291. The lowest BCUT2D eigenvalue weighted by Gasteiger charge is -2.29. The number of benzene rings is 1. The molecule has 0 spiro atoms. The fraction of sp³-hybridized carbons (Fsp3) is 0.625. The highest BCUT2D eigenvalue weighted by Gasteiger charge is 2.33. The maximum atomic E-state index is 14.1. The van der Waals surface area contributed by atoms with Gasteiger partial charge in [0.2, 0.25) is 0 Å². The lowest BCUT2D eigenvalue weighted by Crippen LogP contribution is -2.31. The fourth-order valence-electron chi connectivity index (χ4n) is 3.24. The Morgan fingerprint density at radius 3 is 2.55 bits per heavy atom. The van der Waals surface area contributed by atoms with Crippen molar-refractivity contribution in [1.82, 2.24) is 5.32 Å². The highest BCUT2D eigenvalue weighted by atomic mass is 19.2. The van der Waals surface area contributed by atoms with Gasteiger partial charge in [-0.05, 0) is 37.3 Å². The Balaban J connectivity index is 2.33. The normalized spacial score (nSPS) is 24.1. The predicted molar refractivity (Wildman–Crippen MR) is 73.9 cm³/mol. The van der Waals surface area contributed by atoms with Gasteiger partial charge in [0.15, 0.2) is 17.5 Å². The molecule has 0 aromatic heterocycles. The Hall–Kier alpha value is -1.03. The highest BCUT2D eigenvalue weighted by molar-refractivity contribution is 5.25. The van der Waals surface area contributed by atoms with Crippen LogP contribution in [0.25, 0.3) is 0 Å². The molecule has 3 atom stereocenters. The Labute approximate surface area is 118 Å². The van der Waals surface area contributed by atoms with Crippen LogP contribution in [0.1, 0.15) is 51.1 Å². The van der Waals surface area contributed by atoms with Gasteiger partial charge in [0.25, 0.3) is 0 Å². The first kappa shape index (κ1) is 15.4. The number of hydrogen-bond donors (Lipinski definition) is 1. The molecule has 1 fully saturated rings. The standard InChI is InChI=1S/C16H22F3N/c1-3-9-20-16(11-6-4-5-10(11)2)12-7-8-13(17)15(19)14(12)18/h7-8,10-11,16,20H,3-6,9H2,1-2H3. The van der Waals surface area contributed by atoms with Gasteiger partial charge < -0.3 is 5.32 Å². The van der Waals surface area contributed by atoms with Crippen LogP contribution in [0.3, 0.4) is 0 Å². The molecule has 0 aliphatic heterocycles. The molecule has 4 heteroatoms.